The largest absolute Gasteiger partial charge is 0.361 e. The van der Waals surface area contributed by atoms with Crippen molar-refractivity contribution in [2.75, 3.05) is 32.7 Å². The van der Waals surface area contributed by atoms with E-state index in [1.807, 2.05) is 13.0 Å². The van der Waals surface area contributed by atoms with Crippen molar-refractivity contribution >= 4 is 5.91 Å². The minimum atomic E-state index is 0.235. The predicted octanol–water partition coefficient (Wildman–Crippen LogP) is -1.04. The molecule has 24 heavy (non-hydrogen) atoms. The second-order valence-electron chi connectivity index (χ2n) is 7.72. The first-order valence-corrected chi connectivity index (χ1v) is 9.49. The third-order valence-electron chi connectivity index (χ3n) is 5.64. The van der Waals surface area contributed by atoms with Crippen LogP contribution in [0.2, 0.25) is 0 Å². The molecular weight excluding hydrogens is 304 g/mol. The number of amides is 1. The van der Waals surface area contributed by atoms with E-state index >= 15 is 0 Å². The van der Waals surface area contributed by atoms with Crippen LogP contribution >= 0.6 is 0 Å². The Balaban J connectivity index is 1.37. The molecular formula is C18H32N4O2+2. The Kier molecular flexibility index (Phi) is 5.89. The van der Waals surface area contributed by atoms with E-state index in [1.165, 1.54) is 29.1 Å². The van der Waals surface area contributed by atoms with Crippen molar-refractivity contribution in [2.24, 2.45) is 5.92 Å². The molecule has 0 unspecified atom stereocenters. The van der Waals surface area contributed by atoms with Gasteiger partial charge >= 0.3 is 0 Å². The van der Waals surface area contributed by atoms with Crippen LogP contribution in [0.1, 0.15) is 44.1 Å². The minimum Gasteiger partial charge on any atom is -0.361 e. The second kappa shape index (κ2) is 8.12. The fourth-order valence-electron chi connectivity index (χ4n) is 4.08. The molecule has 134 valence electrons. The van der Waals surface area contributed by atoms with Gasteiger partial charge in [-0.25, -0.2) is 0 Å². The van der Waals surface area contributed by atoms with Crippen molar-refractivity contribution in [1.29, 1.82) is 0 Å². The standard InChI is InChI=1S/C18H30N4O2/c1-14-5-3-4-6-17(14)19-18(23)13-22-9-7-21(8-10-22)12-16-11-15(2)24-20-16/h11,14,17H,3-10,12-13H2,1-2H3,(H,19,23)/p+2/t14-,17-/m0/s1. The van der Waals surface area contributed by atoms with Crippen molar-refractivity contribution in [1.82, 2.24) is 10.5 Å². The summed E-state index contributed by atoms with van der Waals surface area (Å²) in [7, 11) is 0. The Morgan fingerprint density at radius 3 is 2.62 bits per heavy atom. The number of aromatic nitrogens is 1. The lowest BCUT2D eigenvalue weighted by Gasteiger charge is -2.31. The number of carbonyl (C=O) groups is 1. The third-order valence-corrected chi connectivity index (χ3v) is 5.64. The van der Waals surface area contributed by atoms with Gasteiger partial charge in [-0.05, 0) is 25.7 Å². The Morgan fingerprint density at radius 1 is 1.25 bits per heavy atom. The van der Waals surface area contributed by atoms with E-state index in [0.29, 0.717) is 18.5 Å². The van der Waals surface area contributed by atoms with Gasteiger partial charge in [0.05, 0.1) is 0 Å². The fraction of sp³-hybridized carbons (Fsp3) is 0.778. The molecule has 0 radical (unpaired) electrons. The number of hydrogen-bond acceptors (Lipinski definition) is 3. The first kappa shape index (κ1) is 17.4. The van der Waals surface area contributed by atoms with Crippen molar-refractivity contribution in [3.63, 3.8) is 0 Å². The summed E-state index contributed by atoms with van der Waals surface area (Å²) in [6.45, 7) is 10.0. The molecule has 1 aromatic heterocycles. The van der Waals surface area contributed by atoms with Crippen LogP contribution < -0.4 is 15.1 Å². The molecule has 0 aromatic carbocycles. The van der Waals surface area contributed by atoms with Gasteiger partial charge in [0.25, 0.3) is 5.91 Å². The third kappa shape index (κ3) is 4.80. The number of nitrogens with zero attached hydrogens (tertiary/aromatic N) is 1. The first-order valence-electron chi connectivity index (χ1n) is 9.49. The normalized spacial score (nSPS) is 30.9. The highest BCUT2D eigenvalue weighted by atomic mass is 16.5. The molecule has 1 aliphatic carbocycles. The average molecular weight is 336 g/mol. The van der Waals surface area contributed by atoms with Gasteiger partial charge in [-0.15, -0.1) is 0 Å². The number of carbonyl (C=O) groups excluding carboxylic acids is 1. The van der Waals surface area contributed by atoms with E-state index in [-0.39, 0.29) is 5.91 Å². The fourth-order valence-corrected chi connectivity index (χ4v) is 4.08. The van der Waals surface area contributed by atoms with Crippen LogP contribution in [-0.2, 0) is 11.3 Å². The van der Waals surface area contributed by atoms with Gasteiger partial charge in [0, 0.05) is 12.1 Å². The van der Waals surface area contributed by atoms with Gasteiger partial charge in [0.1, 0.15) is 44.2 Å². The topological polar surface area (TPSA) is 64.0 Å². The van der Waals surface area contributed by atoms with Crippen molar-refractivity contribution in [3.05, 3.63) is 17.5 Å². The quantitative estimate of drug-likeness (QED) is 0.644. The smallest absolute Gasteiger partial charge is 0.275 e. The number of aryl methyl sites for hydroxylation is 1. The number of rotatable bonds is 5. The van der Waals surface area contributed by atoms with Crippen LogP contribution in [0.5, 0.6) is 0 Å². The summed E-state index contributed by atoms with van der Waals surface area (Å²) in [5, 5.41) is 7.36. The molecule has 0 spiro atoms. The van der Waals surface area contributed by atoms with Gasteiger partial charge in [0.15, 0.2) is 6.54 Å². The van der Waals surface area contributed by atoms with Gasteiger partial charge in [-0.3, -0.25) is 4.79 Å². The van der Waals surface area contributed by atoms with Crippen molar-refractivity contribution in [2.45, 2.75) is 52.1 Å². The lowest BCUT2D eigenvalue weighted by Crippen LogP contribution is -3.28. The molecule has 3 rings (SSSR count). The molecule has 1 aromatic rings. The molecule has 2 aliphatic rings. The number of hydrogen-bond donors (Lipinski definition) is 3. The molecule has 1 saturated carbocycles. The van der Waals surface area contributed by atoms with Gasteiger partial charge < -0.3 is 19.6 Å². The molecule has 6 nitrogen and oxygen atoms in total. The average Bonchev–Trinajstić information content (AvgIpc) is 2.96. The zero-order chi connectivity index (χ0) is 16.9. The van der Waals surface area contributed by atoms with Crippen LogP contribution in [0.3, 0.4) is 0 Å². The second-order valence-corrected chi connectivity index (χ2v) is 7.72. The maximum absolute atomic E-state index is 12.3. The number of nitrogens with one attached hydrogen (secondary N) is 3. The van der Waals surface area contributed by atoms with Gasteiger partial charge in [-0.2, -0.15) is 0 Å². The van der Waals surface area contributed by atoms with Crippen molar-refractivity contribution in [3.8, 4) is 0 Å². The van der Waals surface area contributed by atoms with Crippen LogP contribution in [0.4, 0.5) is 0 Å². The van der Waals surface area contributed by atoms with E-state index in [0.717, 1.165) is 50.6 Å². The summed E-state index contributed by atoms with van der Waals surface area (Å²) in [6, 6.07) is 2.42. The maximum atomic E-state index is 12.3. The SMILES string of the molecule is Cc1cc(C[NH+]2CC[NH+](CC(=O)N[C@H]3CCCC[C@@H]3C)CC2)no1. The summed E-state index contributed by atoms with van der Waals surface area (Å²) in [6.07, 6.45) is 4.97. The zero-order valence-corrected chi connectivity index (χ0v) is 15.1. The molecule has 2 fully saturated rings. The highest BCUT2D eigenvalue weighted by Crippen LogP contribution is 2.23. The summed E-state index contributed by atoms with van der Waals surface area (Å²) in [4.78, 5) is 15.3. The van der Waals surface area contributed by atoms with Crippen LogP contribution in [-0.4, -0.2) is 49.8 Å². The number of quaternary nitrogens is 2. The molecule has 1 amide bonds. The van der Waals surface area contributed by atoms with Crippen LogP contribution in [0.25, 0.3) is 0 Å². The highest BCUT2D eigenvalue weighted by Gasteiger charge is 2.28. The van der Waals surface area contributed by atoms with E-state index in [9.17, 15) is 4.79 Å². The summed E-state index contributed by atoms with van der Waals surface area (Å²) in [5.74, 6) is 1.74. The minimum absolute atomic E-state index is 0.235. The summed E-state index contributed by atoms with van der Waals surface area (Å²) in [5.41, 5.74) is 1.04. The highest BCUT2D eigenvalue weighted by molar-refractivity contribution is 5.77. The Bertz CT molecular complexity index is 537. The Morgan fingerprint density at radius 2 is 1.96 bits per heavy atom. The maximum Gasteiger partial charge on any atom is 0.275 e. The molecule has 3 N–H and O–H groups in total. The predicted molar refractivity (Wildman–Crippen MR) is 90.8 cm³/mol. The Hall–Kier alpha value is -1.40. The summed E-state index contributed by atoms with van der Waals surface area (Å²) < 4.78 is 5.14. The first-order chi connectivity index (χ1) is 11.6. The molecule has 1 aliphatic heterocycles. The molecule has 6 heteroatoms. The van der Waals surface area contributed by atoms with E-state index in [1.54, 1.807) is 0 Å². The van der Waals surface area contributed by atoms with Crippen molar-refractivity contribution < 1.29 is 19.1 Å². The molecule has 0 bridgehead atoms. The van der Waals surface area contributed by atoms with E-state index in [4.69, 9.17) is 4.52 Å². The van der Waals surface area contributed by atoms with Gasteiger partial charge in [0.2, 0.25) is 0 Å². The van der Waals surface area contributed by atoms with Gasteiger partial charge in [-0.1, -0.05) is 24.9 Å². The lowest BCUT2D eigenvalue weighted by molar-refractivity contribution is -1.02. The van der Waals surface area contributed by atoms with Crippen LogP contribution in [0, 0.1) is 12.8 Å². The zero-order valence-electron chi connectivity index (χ0n) is 15.1. The molecule has 2 atom stereocenters. The van der Waals surface area contributed by atoms with E-state index in [2.05, 4.69) is 17.4 Å². The monoisotopic (exact) mass is 336 g/mol. The molecule has 1 saturated heterocycles. The number of piperazine rings is 1. The lowest BCUT2D eigenvalue weighted by atomic mass is 9.86. The summed E-state index contributed by atoms with van der Waals surface area (Å²) >= 11 is 0. The van der Waals surface area contributed by atoms with E-state index < -0.39 is 0 Å². The molecule has 2 heterocycles. The Labute approximate surface area is 144 Å². The van der Waals surface area contributed by atoms with Crippen LogP contribution in [0.15, 0.2) is 10.6 Å².